The van der Waals surface area contributed by atoms with Gasteiger partial charge in [0, 0.05) is 31.7 Å². The molecule has 8 heteroatoms. The van der Waals surface area contributed by atoms with Crippen molar-refractivity contribution in [3.63, 3.8) is 0 Å². The van der Waals surface area contributed by atoms with Crippen LogP contribution in [0.3, 0.4) is 0 Å². The molecule has 1 aliphatic rings. The van der Waals surface area contributed by atoms with Gasteiger partial charge in [0.15, 0.2) is 0 Å². The Labute approximate surface area is 172 Å². The fraction of sp³-hybridized carbons (Fsp3) is 0.571. The lowest BCUT2D eigenvalue weighted by molar-refractivity contribution is -0.135. The predicted molar refractivity (Wildman–Crippen MR) is 109 cm³/mol. The van der Waals surface area contributed by atoms with Crippen LogP contribution in [0.4, 0.5) is 4.79 Å². The van der Waals surface area contributed by atoms with Gasteiger partial charge in [-0.15, -0.1) is 0 Å². The summed E-state index contributed by atoms with van der Waals surface area (Å²) in [6, 6.07) is 6.20. The van der Waals surface area contributed by atoms with Gasteiger partial charge in [0.1, 0.15) is 11.8 Å². The lowest BCUT2D eigenvalue weighted by Crippen LogP contribution is -2.57. The molecule has 1 saturated heterocycles. The number of ether oxygens (including phenoxy) is 2. The van der Waals surface area contributed by atoms with Crippen molar-refractivity contribution >= 4 is 17.9 Å². The Morgan fingerprint density at radius 1 is 0.966 bits per heavy atom. The van der Waals surface area contributed by atoms with Crippen LogP contribution in [0.1, 0.15) is 38.1 Å². The van der Waals surface area contributed by atoms with Gasteiger partial charge < -0.3 is 24.6 Å². The predicted octanol–water partition coefficient (Wildman–Crippen LogP) is 2.14. The van der Waals surface area contributed by atoms with E-state index in [2.05, 4.69) is 5.32 Å². The standard InChI is InChI=1S/C21H31N3O5/c1-5-28-17-9-7-16(8-10-17)19(25)22-18(15(3)4)20(26)23-11-13-24(14-12-23)21(27)29-6-2/h7-10,15,18H,5-6,11-14H2,1-4H3,(H,22,25). The molecule has 0 saturated carbocycles. The second-order valence-corrected chi connectivity index (χ2v) is 7.16. The van der Waals surface area contributed by atoms with Gasteiger partial charge in [-0.25, -0.2) is 4.79 Å². The van der Waals surface area contributed by atoms with Crippen LogP contribution in [-0.4, -0.2) is 73.1 Å². The number of piperazine rings is 1. The van der Waals surface area contributed by atoms with Gasteiger partial charge in [-0.2, -0.15) is 0 Å². The molecular weight excluding hydrogens is 374 g/mol. The summed E-state index contributed by atoms with van der Waals surface area (Å²) in [7, 11) is 0. The Balaban J connectivity index is 1.97. The van der Waals surface area contributed by atoms with Crippen molar-refractivity contribution in [1.29, 1.82) is 0 Å². The maximum absolute atomic E-state index is 13.0. The van der Waals surface area contributed by atoms with Gasteiger partial charge >= 0.3 is 6.09 Å². The van der Waals surface area contributed by atoms with E-state index in [0.717, 1.165) is 0 Å². The molecule has 8 nitrogen and oxygen atoms in total. The Kier molecular flexibility index (Phi) is 8.30. The van der Waals surface area contributed by atoms with Crippen LogP contribution in [0.15, 0.2) is 24.3 Å². The van der Waals surface area contributed by atoms with Gasteiger partial charge in [-0.3, -0.25) is 9.59 Å². The van der Waals surface area contributed by atoms with Crippen LogP contribution >= 0.6 is 0 Å². The average molecular weight is 405 g/mol. The molecule has 29 heavy (non-hydrogen) atoms. The molecule has 1 aromatic carbocycles. The van der Waals surface area contributed by atoms with Crippen LogP contribution < -0.4 is 10.1 Å². The summed E-state index contributed by atoms with van der Waals surface area (Å²) in [4.78, 5) is 40.7. The average Bonchev–Trinajstić information content (AvgIpc) is 2.72. The minimum atomic E-state index is -0.636. The first kappa shape index (κ1) is 22.5. The quantitative estimate of drug-likeness (QED) is 0.751. The van der Waals surface area contributed by atoms with Crippen molar-refractivity contribution in [2.75, 3.05) is 39.4 Å². The van der Waals surface area contributed by atoms with Crippen LogP contribution in [0.25, 0.3) is 0 Å². The lowest BCUT2D eigenvalue weighted by Gasteiger charge is -2.36. The number of nitrogens with zero attached hydrogens (tertiary/aromatic N) is 2. The minimum Gasteiger partial charge on any atom is -0.494 e. The zero-order valence-electron chi connectivity index (χ0n) is 17.6. The Morgan fingerprint density at radius 3 is 2.07 bits per heavy atom. The van der Waals surface area contributed by atoms with Crippen molar-refractivity contribution in [3.8, 4) is 5.75 Å². The van der Waals surface area contributed by atoms with Crippen molar-refractivity contribution in [1.82, 2.24) is 15.1 Å². The largest absolute Gasteiger partial charge is 0.494 e. The summed E-state index contributed by atoms with van der Waals surface area (Å²) in [6.45, 7) is 10.0. The van der Waals surface area contributed by atoms with Gasteiger partial charge in [-0.05, 0) is 44.0 Å². The maximum atomic E-state index is 13.0. The van der Waals surface area contributed by atoms with Crippen molar-refractivity contribution < 1.29 is 23.9 Å². The first-order valence-electron chi connectivity index (χ1n) is 10.1. The molecule has 0 aliphatic carbocycles. The summed E-state index contributed by atoms with van der Waals surface area (Å²) in [5.74, 6) is 0.185. The molecule has 1 heterocycles. The van der Waals surface area contributed by atoms with Crippen LogP contribution in [0.2, 0.25) is 0 Å². The van der Waals surface area contributed by atoms with E-state index in [-0.39, 0.29) is 23.8 Å². The molecule has 1 aliphatic heterocycles. The summed E-state index contributed by atoms with van der Waals surface area (Å²) in [5.41, 5.74) is 0.471. The first-order chi connectivity index (χ1) is 13.9. The fourth-order valence-electron chi connectivity index (χ4n) is 3.13. The summed E-state index contributed by atoms with van der Waals surface area (Å²) < 4.78 is 10.4. The smallest absolute Gasteiger partial charge is 0.409 e. The summed E-state index contributed by atoms with van der Waals surface area (Å²) in [5, 5.41) is 2.86. The first-order valence-corrected chi connectivity index (χ1v) is 10.1. The molecule has 0 spiro atoms. The third-order valence-electron chi connectivity index (χ3n) is 4.76. The van der Waals surface area contributed by atoms with Gasteiger partial charge in [0.25, 0.3) is 5.91 Å². The molecule has 3 amide bonds. The zero-order valence-corrected chi connectivity index (χ0v) is 17.6. The molecule has 0 bridgehead atoms. The molecule has 0 aromatic heterocycles. The number of nitrogens with one attached hydrogen (secondary N) is 1. The summed E-state index contributed by atoms with van der Waals surface area (Å²) >= 11 is 0. The highest BCUT2D eigenvalue weighted by atomic mass is 16.6. The molecule has 1 unspecified atom stereocenters. The number of amides is 3. The zero-order chi connectivity index (χ0) is 21.4. The molecule has 0 radical (unpaired) electrons. The van der Waals surface area contributed by atoms with E-state index in [1.807, 2.05) is 20.8 Å². The third-order valence-corrected chi connectivity index (χ3v) is 4.76. The van der Waals surface area contributed by atoms with E-state index < -0.39 is 6.04 Å². The topological polar surface area (TPSA) is 88.2 Å². The maximum Gasteiger partial charge on any atom is 0.409 e. The Morgan fingerprint density at radius 2 is 1.55 bits per heavy atom. The van der Waals surface area contributed by atoms with Crippen LogP contribution in [0.5, 0.6) is 5.75 Å². The molecule has 2 rings (SSSR count). The number of carbonyl (C=O) groups excluding carboxylic acids is 3. The second-order valence-electron chi connectivity index (χ2n) is 7.16. The van der Waals surface area contributed by atoms with Crippen molar-refractivity contribution in [3.05, 3.63) is 29.8 Å². The van der Waals surface area contributed by atoms with Gasteiger partial charge in [-0.1, -0.05) is 13.8 Å². The number of carbonyl (C=O) groups is 3. The van der Waals surface area contributed by atoms with E-state index >= 15 is 0 Å². The van der Waals surface area contributed by atoms with E-state index in [9.17, 15) is 14.4 Å². The monoisotopic (exact) mass is 405 g/mol. The van der Waals surface area contributed by atoms with Crippen LogP contribution in [-0.2, 0) is 9.53 Å². The van der Waals surface area contributed by atoms with E-state index in [1.165, 1.54) is 0 Å². The minimum absolute atomic E-state index is 0.0720. The number of hydrogen-bond acceptors (Lipinski definition) is 5. The van der Waals surface area contributed by atoms with E-state index in [4.69, 9.17) is 9.47 Å². The third kappa shape index (κ3) is 6.10. The highest BCUT2D eigenvalue weighted by molar-refractivity contribution is 5.97. The molecule has 1 fully saturated rings. The Bertz CT molecular complexity index is 697. The molecule has 1 aromatic rings. The van der Waals surface area contributed by atoms with Gasteiger partial charge in [0.2, 0.25) is 5.91 Å². The number of benzene rings is 1. The lowest BCUT2D eigenvalue weighted by atomic mass is 10.0. The highest BCUT2D eigenvalue weighted by Crippen LogP contribution is 2.14. The summed E-state index contributed by atoms with van der Waals surface area (Å²) in [6.07, 6.45) is -0.358. The van der Waals surface area contributed by atoms with Crippen molar-refractivity contribution in [2.45, 2.75) is 33.7 Å². The fourth-order valence-corrected chi connectivity index (χ4v) is 3.13. The molecular formula is C21H31N3O5. The van der Waals surface area contributed by atoms with E-state index in [1.54, 1.807) is 41.0 Å². The SMILES string of the molecule is CCOC(=O)N1CCN(C(=O)C(NC(=O)c2ccc(OCC)cc2)C(C)C)CC1. The Hall–Kier alpha value is -2.77. The molecule has 160 valence electrons. The molecule has 1 N–H and O–H groups in total. The highest BCUT2D eigenvalue weighted by Gasteiger charge is 2.32. The van der Waals surface area contributed by atoms with Crippen LogP contribution in [0, 0.1) is 5.92 Å². The number of rotatable bonds is 7. The van der Waals surface area contributed by atoms with Crippen molar-refractivity contribution in [2.24, 2.45) is 5.92 Å². The normalized spacial score (nSPS) is 15.1. The number of hydrogen-bond donors (Lipinski definition) is 1. The van der Waals surface area contributed by atoms with Gasteiger partial charge in [0.05, 0.1) is 13.2 Å². The van der Waals surface area contributed by atoms with E-state index in [0.29, 0.717) is 50.7 Å². The molecule has 1 atom stereocenters. The second kappa shape index (κ2) is 10.7.